The Morgan fingerprint density at radius 1 is 1.22 bits per heavy atom. The van der Waals surface area contributed by atoms with Gasteiger partial charge in [-0.25, -0.2) is 13.8 Å². The summed E-state index contributed by atoms with van der Waals surface area (Å²) in [6, 6.07) is 1.65. The summed E-state index contributed by atoms with van der Waals surface area (Å²) >= 11 is 0. The molecule has 102 valence electrons. The van der Waals surface area contributed by atoms with E-state index in [1.54, 1.807) is 17.9 Å². The van der Waals surface area contributed by atoms with Crippen LogP contribution >= 0.6 is 0 Å². The molecule has 2 rings (SSSR count). The van der Waals surface area contributed by atoms with Gasteiger partial charge in [-0.3, -0.25) is 0 Å². The van der Waals surface area contributed by atoms with Crippen molar-refractivity contribution in [1.82, 2.24) is 9.97 Å². The van der Waals surface area contributed by atoms with E-state index in [4.69, 9.17) is 5.73 Å². The molecule has 0 radical (unpaired) electrons. The summed E-state index contributed by atoms with van der Waals surface area (Å²) in [5.74, 6) is -1.72. The van der Waals surface area contributed by atoms with Gasteiger partial charge in [-0.1, -0.05) is 13.8 Å². The van der Waals surface area contributed by atoms with E-state index < -0.39 is 5.92 Å². The molecule has 0 atom stereocenters. The van der Waals surface area contributed by atoms with E-state index in [0.29, 0.717) is 11.8 Å². The minimum atomic E-state index is -2.55. The highest BCUT2D eigenvalue weighted by Crippen LogP contribution is 2.29. The van der Waals surface area contributed by atoms with Crippen molar-refractivity contribution in [3.05, 3.63) is 11.8 Å². The van der Waals surface area contributed by atoms with Crippen LogP contribution in [0.2, 0.25) is 0 Å². The summed E-state index contributed by atoms with van der Waals surface area (Å²) in [6.45, 7) is 6.35. The molecule has 1 aliphatic rings. The zero-order valence-corrected chi connectivity index (χ0v) is 11.1. The minimum Gasteiger partial charge on any atom is -0.384 e. The standard InChI is InChI=1S/C10H14F2N4.C2H6/c1-7-6-8(13)15-9(14-7)16-4-2-10(11,12)3-5-16;1-2/h6H,2-5H2,1H3,(H2,13,14,15);1-2H3. The zero-order valence-electron chi connectivity index (χ0n) is 11.1. The van der Waals surface area contributed by atoms with Crippen molar-refractivity contribution in [2.75, 3.05) is 23.7 Å². The first-order valence-electron chi connectivity index (χ1n) is 6.20. The fraction of sp³-hybridized carbons (Fsp3) is 0.667. The molecule has 0 amide bonds. The number of rotatable bonds is 1. The summed E-state index contributed by atoms with van der Waals surface area (Å²) in [4.78, 5) is 10.00. The Bertz CT molecular complexity index is 365. The van der Waals surface area contributed by atoms with Crippen LogP contribution in [-0.2, 0) is 0 Å². The molecule has 1 aliphatic heterocycles. The van der Waals surface area contributed by atoms with E-state index in [1.807, 2.05) is 13.8 Å². The normalized spacial score (nSPS) is 17.9. The van der Waals surface area contributed by atoms with Crippen LogP contribution in [0, 0.1) is 6.92 Å². The van der Waals surface area contributed by atoms with Crippen molar-refractivity contribution in [3.63, 3.8) is 0 Å². The second-order valence-corrected chi connectivity index (χ2v) is 4.08. The number of aromatic nitrogens is 2. The number of nitrogen functional groups attached to an aromatic ring is 1. The first-order chi connectivity index (χ1) is 8.46. The average molecular weight is 258 g/mol. The quantitative estimate of drug-likeness (QED) is 0.841. The molecule has 0 aliphatic carbocycles. The van der Waals surface area contributed by atoms with Gasteiger partial charge in [0.25, 0.3) is 5.92 Å². The average Bonchev–Trinajstić information content (AvgIpc) is 2.30. The number of nitrogens with zero attached hydrogens (tertiary/aromatic N) is 3. The number of anilines is 2. The van der Waals surface area contributed by atoms with Crippen molar-refractivity contribution in [2.24, 2.45) is 0 Å². The van der Waals surface area contributed by atoms with Gasteiger partial charge in [0, 0.05) is 37.7 Å². The summed E-state index contributed by atoms with van der Waals surface area (Å²) in [6.07, 6.45) is -0.297. The SMILES string of the molecule is CC.Cc1cc(N)nc(N2CCC(F)(F)CC2)n1. The maximum absolute atomic E-state index is 13.0. The van der Waals surface area contributed by atoms with E-state index in [-0.39, 0.29) is 25.9 Å². The summed E-state index contributed by atoms with van der Waals surface area (Å²) in [5.41, 5.74) is 6.34. The Morgan fingerprint density at radius 3 is 2.28 bits per heavy atom. The zero-order chi connectivity index (χ0) is 13.8. The second kappa shape index (κ2) is 5.93. The first-order valence-corrected chi connectivity index (χ1v) is 6.20. The maximum Gasteiger partial charge on any atom is 0.251 e. The summed E-state index contributed by atoms with van der Waals surface area (Å²) in [7, 11) is 0. The number of piperidine rings is 1. The lowest BCUT2D eigenvalue weighted by Gasteiger charge is -2.31. The molecule has 6 heteroatoms. The number of alkyl halides is 2. The number of hydrogen-bond acceptors (Lipinski definition) is 4. The third-order valence-electron chi connectivity index (χ3n) is 2.64. The van der Waals surface area contributed by atoms with Gasteiger partial charge < -0.3 is 10.6 Å². The molecule has 0 saturated carbocycles. The molecular weight excluding hydrogens is 238 g/mol. The van der Waals surface area contributed by atoms with Gasteiger partial charge >= 0.3 is 0 Å². The van der Waals surface area contributed by atoms with Crippen LogP contribution in [0.25, 0.3) is 0 Å². The Balaban J connectivity index is 0.000000771. The Labute approximate surface area is 106 Å². The predicted octanol–water partition coefficient (Wildman–Crippen LogP) is 2.63. The van der Waals surface area contributed by atoms with Crippen molar-refractivity contribution in [2.45, 2.75) is 39.5 Å². The molecule has 0 bridgehead atoms. The van der Waals surface area contributed by atoms with Crippen LogP contribution in [0.4, 0.5) is 20.5 Å². The Kier molecular flexibility index (Phi) is 4.81. The highest BCUT2D eigenvalue weighted by Gasteiger charge is 2.34. The molecule has 2 heterocycles. The van der Waals surface area contributed by atoms with E-state index in [2.05, 4.69) is 9.97 Å². The van der Waals surface area contributed by atoms with E-state index >= 15 is 0 Å². The molecule has 0 unspecified atom stereocenters. The predicted molar refractivity (Wildman–Crippen MR) is 68.9 cm³/mol. The number of nitrogens with two attached hydrogens (primary N) is 1. The van der Waals surface area contributed by atoms with Crippen molar-refractivity contribution < 1.29 is 8.78 Å². The van der Waals surface area contributed by atoms with E-state index in [9.17, 15) is 8.78 Å². The van der Waals surface area contributed by atoms with Gasteiger partial charge in [0.2, 0.25) is 5.95 Å². The van der Waals surface area contributed by atoms with Crippen molar-refractivity contribution in [1.29, 1.82) is 0 Å². The topological polar surface area (TPSA) is 55.0 Å². The van der Waals surface area contributed by atoms with Crippen molar-refractivity contribution in [3.8, 4) is 0 Å². The maximum atomic E-state index is 13.0. The fourth-order valence-electron chi connectivity index (χ4n) is 1.75. The molecule has 2 N–H and O–H groups in total. The lowest BCUT2D eigenvalue weighted by atomic mass is 10.1. The van der Waals surface area contributed by atoms with Crippen LogP contribution in [0.15, 0.2) is 6.07 Å². The summed E-state index contributed by atoms with van der Waals surface area (Å²) in [5, 5.41) is 0. The van der Waals surface area contributed by atoms with Gasteiger partial charge in [-0.15, -0.1) is 0 Å². The molecular formula is C12H20F2N4. The number of aryl methyl sites for hydroxylation is 1. The van der Waals surface area contributed by atoms with E-state index in [1.165, 1.54) is 0 Å². The van der Waals surface area contributed by atoms with Crippen LogP contribution in [0.5, 0.6) is 0 Å². The smallest absolute Gasteiger partial charge is 0.251 e. The molecule has 0 aromatic carbocycles. The number of halogens is 2. The first kappa shape index (κ1) is 14.6. The molecule has 1 fully saturated rings. The van der Waals surface area contributed by atoms with Crippen molar-refractivity contribution >= 4 is 11.8 Å². The van der Waals surface area contributed by atoms with Gasteiger partial charge in [-0.2, -0.15) is 4.98 Å². The van der Waals surface area contributed by atoms with Crippen LogP contribution < -0.4 is 10.6 Å². The molecule has 0 spiro atoms. The van der Waals surface area contributed by atoms with E-state index in [0.717, 1.165) is 5.69 Å². The molecule has 1 saturated heterocycles. The fourth-order valence-corrected chi connectivity index (χ4v) is 1.75. The second-order valence-electron chi connectivity index (χ2n) is 4.08. The molecule has 18 heavy (non-hydrogen) atoms. The largest absolute Gasteiger partial charge is 0.384 e. The molecule has 1 aromatic heterocycles. The lowest BCUT2D eigenvalue weighted by Crippen LogP contribution is -2.40. The minimum absolute atomic E-state index is 0.149. The Hall–Kier alpha value is -1.46. The third-order valence-corrected chi connectivity index (χ3v) is 2.64. The monoisotopic (exact) mass is 258 g/mol. The summed E-state index contributed by atoms with van der Waals surface area (Å²) < 4.78 is 25.9. The highest BCUT2D eigenvalue weighted by molar-refractivity contribution is 5.40. The van der Waals surface area contributed by atoms with Gasteiger partial charge in [0.05, 0.1) is 0 Å². The lowest BCUT2D eigenvalue weighted by molar-refractivity contribution is -0.0222. The van der Waals surface area contributed by atoms with Crippen LogP contribution in [0.3, 0.4) is 0 Å². The molecule has 4 nitrogen and oxygen atoms in total. The van der Waals surface area contributed by atoms with Crippen LogP contribution in [-0.4, -0.2) is 29.0 Å². The van der Waals surface area contributed by atoms with Gasteiger partial charge in [0.1, 0.15) is 5.82 Å². The van der Waals surface area contributed by atoms with Gasteiger partial charge in [0.15, 0.2) is 0 Å². The highest BCUT2D eigenvalue weighted by atomic mass is 19.3. The Morgan fingerprint density at radius 2 is 1.78 bits per heavy atom. The third kappa shape index (κ3) is 3.78. The number of hydrogen-bond donors (Lipinski definition) is 1. The molecule has 1 aromatic rings. The van der Waals surface area contributed by atoms with Gasteiger partial charge in [-0.05, 0) is 6.92 Å². The van der Waals surface area contributed by atoms with Crippen LogP contribution in [0.1, 0.15) is 32.4 Å².